The number of aryl methyl sites for hydroxylation is 3. The lowest BCUT2D eigenvalue weighted by Gasteiger charge is -2.08. The van der Waals surface area contributed by atoms with E-state index in [2.05, 4.69) is 29.0 Å². The Labute approximate surface area is 149 Å². The van der Waals surface area contributed by atoms with E-state index in [9.17, 15) is 9.59 Å². The normalized spacial score (nSPS) is 11.3. The molecule has 0 atom stereocenters. The Balaban J connectivity index is 1.93. The van der Waals surface area contributed by atoms with Crippen LogP contribution in [0.4, 0.5) is 0 Å². The Kier molecular flexibility index (Phi) is 5.43. The van der Waals surface area contributed by atoms with Crippen LogP contribution in [0, 0.1) is 0 Å². The third-order valence-corrected chi connectivity index (χ3v) is 5.27. The molecule has 0 unspecified atom stereocenters. The SMILES string of the molecule is CCCSc1nc2c([nH]c(=O)c(=O)n2C)n1CCCc1ccccc1. The third kappa shape index (κ3) is 3.71. The van der Waals surface area contributed by atoms with E-state index in [0.717, 1.165) is 36.7 Å². The molecular formula is C18H22N4O2S. The smallest absolute Gasteiger partial charge is 0.304 e. The number of hydrogen-bond acceptors (Lipinski definition) is 4. The van der Waals surface area contributed by atoms with Crippen molar-refractivity contribution in [3.8, 4) is 0 Å². The highest BCUT2D eigenvalue weighted by atomic mass is 32.2. The Hall–Kier alpha value is -2.28. The van der Waals surface area contributed by atoms with Gasteiger partial charge < -0.3 is 9.55 Å². The van der Waals surface area contributed by atoms with Crippen molar-refractivity contribution < 1.29 is 0 Å². The molecule has 0 amide bonds. The molecule has 1 aromatic carbocycles. The van der Waals surface area contributed by atoms with Crippen molar-refractivity contribution in [1.82, 2.24) is 19.1 Å². The van der Waals surface area contributed by atoms with E-state index in [4.69, 9.17) is 0 Å². The van der Waals surface area contributed by atoms with Crippen molar-refractivity contribution in [2.24, 2.45) is 7.05 Å². The zero-order chi connectivity index (χ0) is 17.8. The number of nitrogens with one attached hydrogen (secondary N) is 1. The first-order valence-electron chi connectivity index (χ1n) is 8.48. The van der Waals surface area contributed by atoms with Crippen molar-refractivity contribution in [1.29, 1.82) is 0 Å². The highest BCUT2D eigenvalue weighted by molar-refractivity contribution is 7.99. The molecule has 0 aliphatic carbocycles. The summed E-state index contributed by atoms with van der Waals surface area (Å²) in [5.41, 5.74) is 1.26. The van der Waals surface area contributed by atoms with Crippen molar-refractivity contribution in [2.75, 3.05) is 5.75 Å². The van der Waals surface area contributed by atoms with E-state index in [1.54, 1.807) is 18.8 Å². The number of aromatic nitrogens is 4. The summed E-state index contributed by atoms with van der Waals surface area (Å²) in [4.78, 5) is 31.1. The Morgan fingerprint density at radius 3 is 2.68 bits per heavy atom. The molecule has 1 N–H and O–H groups in total. The zero-order valence-corrected chi connectivity index (χ0v) is 15.3. The van der Waals surface area contributed by atoms with Gasteiger partial charge in [0.15, 0.2) is 16.5 Å². The highest BCUT2D eigenvalue weighted by Gasteiger charge is 2.16. The molecule has 0 bridgehead atoms. The molecule has 0 aliphatic heterocycles. The minimum absolute atomic E-state index is 0.530. The van der Waals surface area contributed by atoms with Gasteiger partial charge >= 0.3 is 11.1 Å². The minimum atomic E-state index is -0.605. The van der Waals surface area contributed by atoms with Gasteiger partial charge in [-0.25, -0.2) is 4.98 Å². The van der Waals surface area contributed by atoms with Crippen LogP contribution in [0.3, 0.4) is 0 Å². The number of benzene rings is 1. The summed E-state index contributed by atoms with van der Waals surface area (Å²) < 4.78 is 3.36. The van der Waals surface area contributed by atoms with Crippen molar-refractivity contribution in [3.63, 3.8) is 0 Å². The molecule has 2 heterocycles. The molecule has 0 spiro atoms. The lowest BCUT2D eigenvalue weighted by Crippen LogP contribution is -2.35. The molecule has 0 saturated heterocycles. The van der Waals surface area contributed by atoms with E-state index in [-0.39, 0.29) is 0 Å². The van der Waals surface area contributed by atoms with Gasteiger partial charge in [-0.05, 0) is 24.8 Å². The van der Waals surface area contributed by atoms with Gasteiger partial charge in [0.1, 0.15) is 0 Å². The second-order valence-corrected chi connectivity index (χ2v) is 7.04. The fourth-order valence-corrected chi connectivity index (χ4v) is 3.66. The van der Waals surface area contributed by atoms with Gasteiger partial charge in [-0.2, -0.15) is 0 Å². The number of fused-ring (bicyclic) bond motifs is 1. The molecule has 6 nitrogen and oxygen atoms in total. The van der Waals surface area contributed by atoms with Gasteiger partial charge in [-0.1, -0.05) is 49.0 Å². The van der Waals surface area contributed by atoms with Crippen LogP contribution in [0.25, 0.3) is 11.3 Å². The van der Waals surface area contributed by atoms with Crippen LogP contribution in [0.1, 0.15) is 25.3 Å². The topological polar surface area (TPSA) is 72.7 Å². The molecule has 132 valence electrons. The molecule has 3 aromatic rings. The second-order valence-electron chi connectivity index (χ2n) is 5.97. The maximum absolute atomic E-state index is 11.9. The fourth-order valence-electron chi connectivity index (χ4n) is 2.78. The van der Waals surface area contributed by atoms with Gasteiger partial charge in [0.05, 0.1) is 0 Å². The Morgan fingerprint density at radius 1 is 1.20 bits per heavy atom. The summed E-state index contributed by atoms with van der Waals surface area (Å²) in [6, 6.07) is 10.3. The van der Waals surface area contributed by atoms with Crippen LogP contribution in [0.2, 0.25) is 0 Å². The van der Waals surface area contributed by atoms with E-state index in [1.165, 1.54) is 10.1 Å². The standard InChI is InChI=1S/C18H22N4O2S/c1-3-12-25-18-20-14-15(19-16(23)17(24)21(14)2)22(18)11-7-10-13-8-5-4-6-9-13/h4-6,8-9H,3,7,10-12H2,1-2H3,(H,19,23). The minimum Gasteiger partial charge on any atom is -0.304 e. The van der Waals surface area contributed by atoms with E-state index >= 15 is 0 Å². The number of nitrogens with zero attached hydrogens (tertiary/aromatic N) is 3. The highest BCUT2D eigenvalue weighted by Crippen LogP contribution is 2.23. The predicted octanol–water partition coefficient (Wildman–Crippen LogP) is 2.56. The quantitative estimate of drug-likeness (QED) is 0.520. The molecule has 7 heteroatoms. The average Bonchev–Trinajstić information content (AvgIpc) is 2.97. The molecular weight excluding hydrogens is 336 g/mol. The van der Waals surface area contributed by atoms with E-state index in [1.807, 2.05) is 22.8 Å². The van der Waals surface area contributed by atoms with E-state index < -0.39 is 11.1 Å². The van der Waals surface area contributed by atoms with Crippen molar-refractivity contribution >= 4 is 23.1 Å². The third-order valence-electron chi connectivity index (χ3n) is 4.09. The van der Waals surface area contributed by atoms with Crippen LogP contribution < -0.4 is 11.1 Å². The number of rotatable bonds is 7. The monoisotopic (exact) mass is 358 g/mol. The zero-order valence-electron chi connectivity index (χ0n) is 14.5. The summed E-state index contributed by atoms with van der Waals surface area (Å²) >= 11 is 1.65. The summed E-state index contributed by atoms with van der Waals surface area (Å²) in [7, 11) is 1.59. The average molecular weight is 358 g/mol. The molecule has 2 aromatic heterocycles. The van der Waals surface area contributed by atoms with Crippen LogP contribution >= 0.6 is 11.8 Å². The van der Waals surface area contributed by atoms with E-state index in [0.29, 0.717) is 11.3 Å². The molecule has 0 radical (unpaired) electrons. The molecule has 0 fully saturated rings. The second kappa shape index (κ2) is 7.74. The van der Waals surface area contributed by atoms with Crippen molar-refractivity contribution in [3.05, 3.63) is 56.6 Å². The number of thioether (sulfide) groups is 1. The van der Waals surface area contributed by atoms with Crippen LogP contribution in [0.15, 0.2) is 45.1 Å². The first-order chi connectivity index (χ1) is 12.1. The maximum Gasteiger partial charge on any atom is 0.317 e. The molecule has 3 rings (SSSR count). The van der Waals surface area contributed by atoms with Crippen LogP contribution in [-0.4, -0.2) is 24.9 Å². The van der Waals surface area contributed by atoms with Gasteiger partial charge in [0.2, 0.25) is 0 Å². The van der Waals surface area contributed by atoms with Crippen LogP contribution in [0.5, 0.6) is 0 Å². The lowest BCUT2D eigenvalue weighted by molar-refractivity contribution is 0.605. The largest absolute Gasteiger partial charge is 0.317 e. The molecule has 0 saturated carbocycles. The summed E-state index contributed by atoms with van der Waals surface area (Å²) in [5, 5.41) is 0.849. The fraction of sp³-hybridized carbons (Fsp3) is 0.389. The molecule has 25 heavy (non-hydrogen) atoms. The van der Waals surface area contributed by atoms with Gasteiger partial charge in [-0.3, -0.25) is 14.2 Å². The number of hydrogen-bond donors (Lipinski definition) is 1. The first-order valence-corrected chi connectivity index (χ1v) is 9.46. The van der Waals surface area contributed by atoms with Gasteiger partial charge in [0, 0.05) is 19.3 Å². The summed E-state index contributed by atoms with van der Waals surface area (Å²) in [5.74, 6) is 0.945. The van der Waals surface area contributed by atoms with Gasteiger partial charge in [0.25, 0.3) is 0 Å². The summed E-state index contributed by atoms with van der Waals surface area (Å²) in [6.45, 7) is 2.86. The summed E-state index contributed by atoms with van der Waals surface area (Å²) in [6.07, 6.45) is 2.92. The van der Waals surface area contributed by atoms with Gasteiger partial charge in [-0.15, -0.1) is 0 Å². The number of imidazole rings is 1. The number of aromatic amines is 1. The number of H-pyrrole nitrogens is 1. The van der Waals surface area contributed by atoms with Crippen LogP contribution in [-0.2, 0) is 20.0 Å². The van der Waals surface area contributed by atoms with Crippen molar-refractivity contribution in [2.45, 2.75) is 37.9 Å². The maximum atomic E-state index is 11.9. The Morgan fingerprint density at radius 2 is 1.96 bits per heavy atom. The Bertz CT molecular complexity index is 972. The molecule has 0 aliphatic rings. The lowest BCUT2D eigenvalue weighted by atomic mass is 10.1. The first kappa shape index (κ1) is 17.5. The predicted molar refractivity (Wildman–Crippen MR) is 101 cm³/mol.